The number of fused-ring (bicyclic) bond motifs is 1. The van der Waals surface area contributed by atoms with Crippen LogP contribution >= 0.6 is 0 Å². The van der Waals surface area contributed by atoms with E-state index in [0.29, 0.717) is 19.7 Å². The zero-order valence-corrected chi connectivity index (χ0v) is 16.6. The molecule has 1 N–H and O–H groups in total. The van der Waals surface area contributed by atoms with Gasteiger partial charge in [-0.2, -0.15) is 0 Å². The van der Waals surface area contributed by atoms with E-state index in [9.17, 15) is 14.7 Å². The first kappa shape index (κ1) is 19.2. The Balaban J connectivity index is 1.41. The van der Waals surface area contributed by atoms with Crippen LogP contribution < -0.4 is 4.74 Å². The lowest BCUT2D eigenvalue weighted by molar-refractivity contribution is -0.149. The second-order valence-electron chi connectivity index (χ2n) is 8.47. The van der Waals surface area contributed by atoms with E-state index in [1.54, 1.807) is 0 Å². The molecule has 4 rings (SSSR count). The highest BCUT2D eigenvalue weighted by Crippen LogP contribution is 2.48. The van der Waals surface area contributed by atoms with Gasteiger partial charge in [0, 0.05) is 19.6 Å². The Morgan fingerprint density at radius 2 is 2.00 bits per heavy atom. The molecule has 1 saturated carbocycles. The SMILES string of the molecule is CCOc1ccc(C2CCCN2C(=O)CN2C[C@@H]3CCC[C@@]3(C(=O)O)C2)cc1. The number of hydrogen-bond acceptors (Lipinski definition) is 4. The van der Waals surface area contributed by atoms with Gasteiger partial charge in [-0.1, -0.05) is 18.6 Å². The molecule has 0 radical (unpaired) electrons. The van der Waals surface area contributed by atoms with Crippen LogP contribution in [0.2, 0.25) is 0 Å². The van der Waals surface area contributed by atoms with E-state index >= 15 is 0 Å². The lowest BCUT2D eigenvalue weighted by Gasteiger charge is -2.28. The molecule has 3 fully saturated rings. The highest BCUT2D eigenvalue weighted by Gasteiger charge is 2.55. The predicted molar refractivity (Wildman–Crippen MR) is 105 cm³/mol. The number of rotatable bonds is 6. The largest absolute Gasteiger partial charge is 0.494 e. The van der Waals surface area contributed by atoms with Gasteiger partial charge in [-0.15, -0.1) is 0 Å². The van der Waals surface area contributed by atoms with Crippen molar-refractivity contribution in [2.24, 2.45) is 11.3 Å². The molecule has 6 heteroatoms. The molecule has 3 aliphatic rings. The summed E-state index contributed by atoms with van der Waals surface area (Å²) in [4.78, 5) is 29.0. The number of benzene rings is 1. The first-order valence-electron chi connectivity index (χ1n) is 10.5. The predicted octanol–water partition coefficient (Wildman–Crippen LogP) is 2.94. The van der Waals surface area contributed by atoms with Crippen LogP contribution in [0, 0.1) is 11.3 Å². The van der Waals surface area contributed by atoms with Gasteiger partial charge in [0.05, 0.1) is 24.6 Å². The number of carbonyl (C=O) groups is 2. The molecule has 1 amide bonds. The van der Waals surface area contributed by atoms with Gasteiger partial charge in [-0.25, -0.2) is 0 Å². The number of carbonyl (C=O) groups excluding carboxylic acids is 1. The molecule has 2 aliphatic heterocycles. The Morgan fingerprint density at radius 1 is 1.21 bits per heavy atom. The van der Waals surface area contributed by atoms with Crippen LogP contribution in [0.15, 0.2) is 24.3 Å². The highest BCUT2D eigenvalue weighted by atomic mass is 16.5. The normalized spacial score (nSPS) is 29.8. The van der Waals surface area contributed by atoms with Gasteiger partial charge in [0.2, 0.25) is 5.91 Å². The summed E-state index contributed by atoms with van der Waals surface area (Å²) in [6.45, 7) is 4.96. The van der Waals surface area contributed by atoms with Gasteiger partial charge in [0.1, 0.15) is 5.75 Å². The third kappa shape index (κ3) is 3.39. The molecular formula is C22H30N2O4. The molecule has 3 atom stereocenters. The van der Waals surface area contributed by atoms with E-state index in [1.807, 2.05) is 24.0 Å². The minimum absolute atomic E-state index is 0.110. The number of carboxylic acids is 1. The smallest absolute Gasteiger partial charge is 0.311 e. The van der Waals surface area contributed by atoms with E-state index in [1.165, 1.54) is 0 Å². The average molecular weight is 386 g/mol. The molecule has 28 heavy (non-hydrogen) atoms. The monoisotopic (exact) mass is 386 g/mol. The van der Waals surface area contributed by atoms with Gasteiger partial charge in [0.25, 0.3) is 0 Å². The number of amides is 1. The van der Waals surface area contributed by atoms with Crippen LogP contribution in [-0.4, -0.2) is 59.6 Å². The summed E-state index contributed by atoms with van der Waals surface area (Å²) in [5.74, 6) is 0.485. The van der Waals surface area contributed by atoms with Crippen LogP contribution in [-0.2, 0) is 9.59 Å². The molecule has 152 valence electrons. The lowest BCUT2D eigenvalue weighted by atomic mass is 9.81. The second-order valence-corrected chi connectivity index (χ2v) is 8.47. The molecule has 1 aliphatic carbocycles. The number of hydrogen-bond donors (Lipinski definition) is 1. The van der Waals surface area contributed by atoms with Crippen molar-refractivity contribution in [2.75, 3.05) is 32.8 Å². The van der Waals surface area contributed by atoms with Gasteiger partial charge >= 0.3 is 5.97 Å². The third-order valence-corrected chi connectivity index (χ3v) is 6.88. The van der Waals surface area contributed by atoms with Gasteiger partial charge in [-0.3, -0.25) is 14.5 Å². The second kappa shape index (κ2) is 7.74. The Kier molecular flexibility index (Phi) is 5.32. The molecule has 2 saturated heterocycles. The van der Waals surface area contributed by atoms with Gasteiger partial charge in [-0.05, 0) is 56.2 Å². The van der Waals surface area contributed by atoms with Crippen molar-refractivity contribution in [3.8, 4) is 5.75 Å². The quantitative estimate of drug-likeness (QED) is 0.814. The van der Waals surface area contributed by atoms with Crippen LogP contribution in [0.25, 0.3) is 0 Å². The maximum Gasteiger partial charge on any atom is 0.311 e. The van der Waals surface area contributed by atoms with Crippen molar-refractivity contribution in [1.29, 1.82) is 0 Å². The van der Waals surface area contributed by atoms with Crippen molar-refractivity contribution < 1.29 is 19.4 Å². The van der Waals surface area contributed by atoms with Gasteiger partial charge in [0.15, 0.2) is 0 Å². The fraction of sp³-hybridized carbons (Fsp3) is 0.636. The topological polar surface area (TPSA) is 70.1 Å². The standard InChI is InChI=1S/C22H30N2O4/c1-2-28-18-9-7-16(8-10-18)19-6-4-12-24(19)20(25)14-23-13-17-5-3-11-22(17,15-23)21(26)27/h7-10,17,19H,2-6,11-15H2,1H3,(H,26,27)/t17-,19?,22+/m0/s1. The zero-order valence-electron chi connectivity index (χ0n) is 16.6. The Morgan fingerprint density at radius 3 is 2.68 bits per heavy atom. The number of carboxylic acid groups (broad SMARTS) is 1. The minimum Gasteiger partial charge on any atom is -0.494 e. The number of nitrogens with zero attached hydrogens (tertiary/aromatic N) is 2. The third-order valence-electron chi connectivity index (χ3n) is 6.88. The van der Waals surface area contributed by atoms with Crippen molar-refractivity contribution in [1.82, 2.24) is 9.80 Å². The van der Waals surface area contributed by atoms with E-state index < -0.39 is 11.4 Å². The summed E-state index contributed by atoms with van der Waals surface area (Å²) in [5.41, 5.74) is 0.523. The molecule has 1 unspecified atom stereocenters. The van der Waals surface area contributed by atoms with Crippen LogP contribution in [0.4, 0.5) is 0 Å². The molecular weight excluding hydrogens is 356 g/mol. The molecule has 0 bridgehead atoms. The zero-order chi connectivity index (χ0) is 19.7. The minimum atomic E-state index is -0.682. The van der Waals surface area contributed by atoms with Crippen LogP contribution in [0.1, 0.15) is 50.6 Å². The fourth-order valence-corrected chi connectivity index (χ4v) is 5.51. The first-order valence-corrected chi connectivity index (χ1v) is 10.5. The maximum atomic E-state index is 13.1. The Hall–Kier alpha value is -2.08. The average Bonchev–Trinajstić information content (AvgIpc) is 3.36. The van der Waals surface area contributed by atoms with Crippen molar-refractivity contribution in [2.45, 2.75) is 45.1 Å². The van der Waals surface area contributed by atoms with Crippen molar-refractivity contribution in [3.63, 3.8) is 0 Å². The summed E-state index contributed by atoms with van der Waals surface area (Å²) >= 11 is 0. The van der Waals surface area contributed by atoms with Gasteiger partial charge < -0.3 is 14.7 Å². The number of ether oxygens (including phenoxy) is 1. The van der Waals surface area contributed by atoms with Crippen molar-refractivity contribution >= 4 is 11.9 Å². The highest BCUT2D eigenvalue weighted by molar-refractivity contribution is 5.80. The number of likely N-dealkylation sites (tertiary alicyclic amines) is 2. The van der Waals surface area contributed by atoms with Crippen LogP contribution in [0.5, 0.6) is 5.75 Å². The van der Waals surface area contributed by atoms with E-state index in [2.05, 4.69) is 17.0 Å². The van der Waals surface area contributed by atoms with E-state index in [-0.39, 0.29) is 17.9 Å². The lowest BCUT2D eigenvalue weighted by Crippen LogP contribution is -2.41. The van der Waals surface area contributed by atoms with E-state index in [0.717, 1.165) is 56.5 Å². The van der Waals surface area contributed by atoms with Crippen molar-refractivity contribution in [3.05, 3.63) is 29.8 Å². The summed E-state index contributed by atoms with van der Waals surface area (Å²) in [7, 11) is 0. The molecule has 2 heterocycles. The summed E-state index contributed by atoms with van der Waals surface area (Å²) in [6, 6.07) is 8.16. The Bertz CT molecular complexity index is 735. The first-order chi connectivity index (χ1) is 13.5. The molecule has 0 aromatic heterocycles. The summed E-state index contributed by atoms with van der Waals surface area (Å²) in [5, 5.41) is 9.76. The van der Waals surface area contributed by atoms with E-state index in [4.69, 9.17) is 4.74 Å². The summed E-state index contributed by atoms with van der Waals surface area (Å²) in [6.07, 6.45) is 4.68. The molecule has 1 aromatic rings. The fourth-order valence-electron chi connectivity index (χ4n) is 5.51. The Labute approximate surface area is 166 Å². The molecule has 0 spiro atoms. The van der Waals surface area contributed by atoms with Crippen LogP contribution in [0.3, 0.4) is 0 Å². The summed E-state index contributed by atoms with van der Waals surface area (Å²) < 4.78 is 5.52. The number of aliphatic carboxylic acids is 1. The molecule has 1 aromatic carbocycles. The maximum absolute atomic E-state index is 13.1. The molecule has 6 nitrogen and oxygen atoms in total.